The number of nitro benzene ring substituents is 1. The van der Waals surface area contributed by atoms with Gasteiger partial charge in [-0.3, -0.25) is 15.4 Å². The summed E-state index contributed by atoms with van der Waals surface area (Å²) in [7, 11) is -2.31. The molecular formula is C15H15N3O8S. The summed E-state index contributed by atoms with van der Waals surface area (Å²) < 4.78 is 30.3. The number of amides is 1. The molecule has 0 unspecified atom stereocenters. The van der Waals surface area contributed by atoms with Crippen LogP contribution in [-0.4, -0.2) is 47.4 Å². The maximum absolute atomic E-state index is 12.1. The Hall–Kier alpha value is -3.41. The third-order valence-electron chi connectivity index (χ3n) is 3.46. The molecule has 0 fully saturated rings. The zero-order valence-electron chi connectivity index (χ0n) is 14.0. The number of carbonyl (C=O) groups excluding carboxylic acids is 1. The normalized spacial score (nSPS) is 11.0. The lowest BCUT2D eigenvalue weighted by atomic mass is 10.3. The van der Waals surface area contributed by atoms with Crippen molar-refractivity contribution in [2.75, 3.05) is 17.7 Å². The number of non-ortho nitro benzene ring substituents is 1. The smallest absolute Gasteiger partial charge is 0.411 e. The number of benzene rings is 1. The molecule has 0 aliphatic rings. The lowest BCUT2D eigenvalue weighted by molar-refractivity contribution is -0.384. The van der Waals surface area contributed by atoms with Crippen molar-refractivity contribution in [3.8, 4) is 0 Å². The van der Waals surface area contributed by atoms with Crippen LogP contribution < -0.4 is 5.32 Å². The van der Waals surface area contributed by atoms with Crippen LogP contribution in [0.5, 0.6) is 0 Å². The van der Waals surface area contributed by atoms with Gasteiger partial charge in [-0.25, -0.2) is 18.0 Å². The number of nitrogens with zero attached hydrogens (tertiary/aromatic N) is 2. The number of aromatic nitrogens is 1. The van der Waals surface area contributed by atoms with Crippen molar-refractivity contribution < 1.29 is 32.8 Å². The van der Waals surface area contributed by atoms with E-state index in [1.165, 1.54) is 23.9 Å². The van der Waals surface area contributed by atoms with Crippen LogP contribution in [0.4, 0.5) is 16.2 Å². The Bertz CT molecular complexity index is 979. The third-order valence-corrected chi connectivity index (χ3v) is 5.16. The number of sulfone groups is 1. The molecule has 2 rings (SSSR count). The Kier molecular flexibility index (Phi) is 5.80. The molecule has 0 spiro atoms. The van der Waals surface area contributed by atoms with E-state index >= 15 is 0 Å². The van der Waals surface area contributed by atoms with Crippen molar-refractivity contribution in [2.45, 2.75) is 4.90 Å². The first-order valence-corrected chi connectivity index (χ1v) is 9.06. The number of carboxylic acids is 1. The molecule has 1 amide bonds. The van der Waals surface area contributed by atoms with Crippen LogP contribution in [0, 0.1) is 10.1 Å². The van der Waals surface area contributed by atoms with Crippen molar-refractivity contribution in [3.05, 3.63) is 52.3 Å². The molecule has 0 aliphatic carbocycles. The van der Waals surface area contributed by atoms with Crippen LogP contribution in [0.3, 0.4) is 0 Å². The quantitative estimate of drug-likeness (QED) is 0.527. The first-order valence-electron chi connectivity index (χ1n) is 7.41. The van der Waals surface area contributed by atoms with Gasteiger partial charge < -0.3 is 14.4 Å². The van der Waals surface area contributed by atoms with Gasteiger partial charge in [-0.1, -0.05) is 0 Å². The van der Waals surface area contributed by atoms with Crippen molar-refractivity contribution >= 4 is 33.3 Å². The van der Waals surface area contributed by atoms with Gasteiger partial charge in [0.2, 0.25) is 0 Å². The first kappa shape index (κ1) is 19.9. The lowest BCUT2D eigenvalue weighted by Crippen LogP contribution is -2.19. The van der Waals surface area contributed by atoms with Crippen LogP contribution in [0.25, 0.3) is 0 Å². The molecule has 2 aromatic rings. The summed E-state index contributed by atoms with van der Waals surface area (Å²) in [5.41, 5.74) is -0.114. The minimum atomic E-state index is -3.79. The van der Waals surface area contributed by atoms with Gasteiger partial charge in [0.1, 0.15) is 12.3 Å². The SMILES string of the molecule is Cn1cc(NC(=O)OCCS(=O)(=O)c2ccc([N+](=O)[O-])cc2)cc1C(=O)O. The second-order valence-corrected chi connectivity index (χ2v) is 7.47. The molecule has 0 bridgehead atoms. The summed E-state index contributed by atoms with van der Waals surface area (Å²) in [5.74, 6) is -1.69. The highest BCUT2D eigenvalue weighted by molar-refractivity contribution is 7.91. The fraction of sp³-hybridized carbons (Fsp3) is 0.200. The molecule has 11 nitrogen and oxygen atoms in total. The molecule has 0 radical (unpaired) electrons. The highest BCUT2D eigenvalue weighted by Crippen LogP contribution is 2.17. The number of anilines is 1. The van der Waals surface area contributed by atoms with Gasteiger partial charge in [0.25, 0.3) is 5.69 Å². The number of hydrogen-bond acceptors (Lipinski definition) is 7. The average Bonchev–Trinajstić information content (AvgIpc) is 2.95. The molecule has 27 heavy (non-hydrogen) atoms. The second kappa shape index (κ2) is 7.86. The van der Waals surface area contributed by atoms with E-state index in [1.54, 1.807) is 0 Å². The van der Waals surface area contributed by atoms with Gasteiger partial charge >= 0.3 is 12.1 Å². The summed E-state index contributed by atoms with van der Waals surface area (Å²) in [6.45, 7) is -0.455. The first-order chi connectivity index (χ1) is 12.6. The fourth-order valence-corrected chi connectivity index (χ4v) is 3.23. The Morgan fingerprint density at radius 1 is 1.30 bits per heavy atom. The largest absolute Gasteiger partial charge is 0.477 e. The Morgan fingerprint density at radius 3 is 2.44 bits per heavy atom. The molecular weight excluding hydrogens is 382 g/mol. The summed E-state index contributed by atoms with van der Waals surface area (Å²) in [5, 5.41) is 21.8. The van der Waals surface area contributed by atoms with Crippen LogP contribution in [0.2, 0.25) is 0 Å². The molecule has 1 aromatic heterocycles. The molecule has 2 N–H and O–H groups in total. The second-order valence-electron chi connectivity index (χ2n) is 5.36. The monoisotopic (exact) mass is 397 g/mol. The predicted molar refractivity (Wildman–Crippen MR) is 92.5 cm³/mol. The van der Waals surface area contributed by atoms with Crippen molar-refractivity contribution in [2.24, 2.45) is 7.05 Å². The Morgan fingerprint density at radius 2 is 1.93 bits per heavy atom. The zero-order valence-corrected chi connectivity index (χ0v) is 14.8. The number of carboxylic acid groups (broad SMARTS) is 1. The van der Waals surface area contributed by atoms with Crippen molar-refractivity contribution in [1.82, 2.24) is 4.57 Å². The minimum absolute atomic E-state index is 0.0500. The molecule has 1 aromatic carbocycles. The molecule has 0 aliphatic heterocycles. The summed E-state index contributed by atoms with van der Waals surface area (Å²) in [4.78, 5) is 32.4. The number of ether oxygens (including phenoxy) is 1. The van der Waals surface area contributed by atoms with Gasteiger partial charge in [0.15, 0.2) is 9.84 Å². The number of rotatable bonds is 7. The van der Waals surface area contributed by atoms with E-state index in [1.807, 2.05) is 0 Å². The summed E-state index contributed by atoms with van der Waals surface area (Å²) in [6, 6.07) is 5.55. The van der Waals surface area contributed by atoms with E-state index < -0.39 is 39.2 Å². The van der Waals surface area contributed by atoms with Gasteiger partial charge in [-0.15, -0.1) is 0 Å². The number of aryl methyl sites for hydroxylation is 1. The number of nitrogens with one attached hydrogen (secondary N) is 1. The highest BCUT2D eigenvalue weighted by Gasteiger charge is 2.18. The fourth-order valence-electron chi connectivity index (χ4n) is 2.14. The maximum atomic E-state index is 12.1. The molecule has 1 heterocycles. The summed E-state index contributed by atoms with van der Waals surface area (Å²) >= 11 is 0. The van der Waals surface area contributed by atoms with Crippen LogP contribution in [0.1, 0.15) is 10.5 Å². The van der Waals surface area contributed by atoms with Crippen molar-refractivity contribution in [1.29, 1.82) is 0 Å². The van der Waals surface area contributed by atoms with E-state index in [4.69, 9.17) is 9.84 Å². The predicted octanol–water partition coefficient (Wildman–Crippen LogP) is 1.65. The van der Waals surface area contributed by atoms with Crippen molar-refractivity contribution in [3.63, 3.8) is 0 Å². The Balaban J connectivity index is 1.90. The number of carbonyl (C=O) groups is 2. The van der Waals surface area contributed by atoms with Gasteiger partial charge in [0.05, 0.1) is 21.3 Å². The summed E-state index contributed by atoms with van der Waals surface area (Å²) in [6.07, 6.45) is 0.412. The average molecular weight is 397 g/mol. The van der Waals surface area contributed by atoms with Crippen LogP contribution in [0.15, 0.2) is 41.4 Å². The van der Waals surface area contributed by atoms with Gasteiger partial charge in [0, 0.05) is 25.4 Å². The number of nitro groups is 1. The standard InChI is InChI=1S/C15H15N3O8S/c1-17-9-10(8-13(17)14(19)20)16-15(21)26-6-7-27(24,25)12-4-2-11(3-5-12)18(22)23/h2-5,8-9H,6-7H2,1H3,(H,16,21)(H,19,20). The molecule has 0 atom stereocenters. The van der Waals surface area contributed by atoms with E-state index in [9.17, 15) is 28.1 Å². The van der Waals surface area contributed by atoms with E-state index in [-0.39, 0.29) is 22.0 Å². The van der Waals surface area contributed by atoms with Crippen LogP contribution >= 0.6 is 0 Å². The van der Waals surface area contributed by atoms with Gasteiger partial charge in [-0.05, 0) is 18.2 Å². The molecule has 12 heteroatoms. The van der Waals surface area contributed by atoms with Gasteiger partial charge in [-0.2, -0.15) is 0 Å². The highest BCUT2D eigenvalue weighted by atomic mass is 32.2. The molecule has 0 saturated heterocycles. The van der Waals surface area contributed by atoms with E-state index in [2.05, 4.69) is 5.32 Å². The maximum Gasteiger partial charge on any atom is 0.411 e. The number of hydrogen-bond donors (Lipinski definition) is 2. The third kappa shape index (κ3) is 5.04. The number of aromatic carboxylic acids is 1. The topological polar surface area (TPSA) is 158 Å². The zero-order chi connectivity index (χ0) is 20.2. The molecule has 144 valence electrons. The van der Waals surface area contributed by atoms with E-state index in [0.29, 0.717) is 0 Å². The minimum Gasteiger partial charge on any atom is -0.477 e. The molecule has 0 saturated carbocycles. The Labute approximate surface area is 153 Å². The van der Waals surface area contributed by atoms with E-state index in [0.717, 1.165) is 24.3 Å². The lowest BCUT2D eigenvalue weighted by Gasteiger charge is -2.07. The van der Waals surface area contributed by atoms with Crippen LogP contribution in [-0.2, 0) is 21.6 Å².